The summed E-state index contributed by atoms with van der Waals surface area (Å²) >= 11 is 1.54. The first-order valence-electron chi connectivity index (χ1n) is 9.84. The summed E-state index contributed by atoms with van der Waals surface area (Å²) in [5, 5.41) is 0.597. The van der Waals surface area contributed by atoms with Crippen LogP contribution >= 0.6 is 11.3 Å². The monoisotopic (exact) mass is 438 g/mol. The van der Waals surface area contributed by atoms with Crippen molar-refractivity contribution in [2.75, 3.05) is 14.2 Å². The molecule has 3 heterocycles. The molecule has 0 N–H and O–H groups in total. The van der Waals surface area contributed by atoms with E-state index < -0.39 is 5.97 Å². The number of benzene rings is 1. The standard InChI is InChI=1S/C23H22N2O5S/c1-4-17-12-18-21(31-17)24-20(11-14-5-7-15(28-2)8-6-14)25(22(18)26)13-16-9-10-19(30-16)23(27)29-3/h5-10,12H,4,11,13H2,1-3H3. The Bertz CT molecular complexity index is 1280. The fourth-order valence-electron chi connectivity index (χ4n) is 3.34. The molecule has 31 heavy (non-hydrogen) atoms. The second-order valence-corrected chi connectivity index (χ2v) is 8.10. The average Bonchev–Trinajstić information content (AvgIpc) is 3.43. The quantitative estimate of drug-likeness (QED) is 0.405. The SMILES string of the molecule is CCc1cc2c(=O)n(Cc3ccc(C(=O)OC)o3)c(Cc3ccc(OC)cc3)nc2s1. The average molecular weight is 439 g/mol. The summed E-state index contributed by atoms with van der Waals surface area (Å²) in [6.45, 7) is 2.22. The molecule has 0 saturated carbocycles. The first kappa shape index (κ1) is 20.9. The van der Waals surface area contributed by atoms with Crippen LogP contribution in [0.2, 0.25) is 0 Å². The zero-order valence-electron chi connectivity index (χ0n) is 17.5. The zero-order chi connectivity index (χ0) is 22.0. The zero-order valence-corrected chi connectivity index (χ0v) is 18.3. The maximum absolute atomic E-state index is 13.3. The van der Waals surface area contributed by atoms with Crippen molar-refractivity contribution in [2.45, 2.75) is 26.3 Å². The van der Waals surface area contributed by atoms with Crippen molar-refractivity contribution in [1.29, 1.82) is 0 Å². The van der Waals surface area contributed by atoms with Crippen molar-refractivity contribution in [3.63, 3.8) is 0 Å². The number of furan rings is 1. The highest BCUT2D eigenvalue weighted by Crippen LogP contribution is 2.24. The van der Waals surface area contributed by atoms with E-state index >= 15 is 0 Å². The van der Waals surface area contributed by atoms with Crippen molar-refractivity contribution in [2.24, 2.45) is 0 Å². The van der Waals surface area contributed by atoms with Crippen molar-refractivity contribution in [3.05, 3.63) is 80.6 Å². The minimum atomic E-state index is -0.559. The third kappa shape index (κ3) is 4.25. The van der Waals surface area contributed by atoms with Gasteiger partial charge in [-0.3, -0.25) is 9.36 Å². The first-order valence-corrected chi connectivity index (χ1v) is 10.7. The highest BCUT2D eigenvalue weighted by molar-refractivity contribution is 7.18. The molecule has 0 spiro atoms. The molecule has 0 radical (unpaired) electrons. The summed E-state index contributed by atoms with van der Waals surface area (Å²) in [5.74, 6) is 1.41. The number of methoxy groups -OCH3 is 2. The van der Waals surface area contributed by atoms with Crippen LogP contribution in [-0.4, -0.2) is 29.7 Å². The fourth-order valence-corrected chi connectivity index (χ4v) is 4.31. The van der Waals surface area contributed by atoms with Gasteiger partial charge >= 0.3 is 5.97 Å². The van der Waals surface area contributed by atoms with Gasteiger partial charge in [0.25, 0.3) is 5.56 Å². The lowest BCUT2D eigenvalue weighted by Gasteiger charge is -2.12. The molecule has 0 bridgehead atoms. The maximum Gasteiger partial charge on any atom is 0.373 e. The summed E-state index contributed by atoms with van der Waals surface area (Å²) in [5.41, 5.74) is 0.878. The molecule has 4 aromatic rings. The van der Waals surface area contributed by atoms with E-state index in [-0.39, 0.29) is 17.9 Å². The van der Waals surface area contributed by atoms with Crippen molar-refractivity contribution < 1.29 is 18.7 Å². The molecule has 0 aliphatic rings. The number of aryl methyl sites for hydroxylation is 1. The molecular weight excluding hydrogens is 416 g/mol. The highest BCUT2D eigenvalue weighted by atomic mass is 32.1. The number of rotatable bonds is 7. The lowest BCUT2D eigenvalue weighted by molar-refractivity contribution is 0.0563. The fraction of sp³-hybridized carbons (Fsp3) is 0.261. The van der Waals surface area contributed by atoms with Gasteiger partial charge in [-0.2, -0.15) is 0 Å². The molecular formula is C23H22N2O5S. The second kappa shape index (κ2) is 8.77. The number of ether oxygens (including phenoxy) is 2. The van der Waals surface area contributed by atoms with Gasteiger partial charge in [0, 0.05) is 11.3 Å². The highest BCUT2D eigenvalue weighted by Gasteiger charge is 2.17. The van der Waals surface area contributed by atoms with E-state index in [1.807, 2.05) is 30.3 Å². The summed E-state index contributed by atoms with van der Waals surface area (Å²) in [6.07, 6.45) is 1.31. The van der Waals surface area contributed by atoms with Crippen LogP contribution in [0, 0.1) is 0 Å². The molecule has 1 aromatic carbocycles. The van der Waals surface area contributed by atoms with Gasteiger partial charge in [0.1, 0.15) is 22.2 Å². The van der Waals surface area contributed by atoms with Crippen molar-refractivity contribution >= 4 is 27.5 Å². The molecule has 8 heteroatoms. The summed E-state index contributed by atoms with van der Waals surface area (Å²) in [7, 11) is 2.91. The molecule has 0 saturated heterocycles. The third-order valence-electron chi connectivity index (χ3n) is 5.01. The number of nitrogens with zero attached hydrogens (tertiary/aromatic N) is 2. The number of hydrogen-bond donors (Lipinski definition) is 0. The van der Waals surface area contributed by atoms with Crippen LogP contribution in [0.1, 0.15) is 39.5 Å². The van der Waals surface area contributed by atoms with E-state index in [0.717, 1.165) is 27.4 Å². The third-order valence-corrected chi connectivity index (χ3v) is 6.19. The smallest absolute Gasteiger partial charge is 0.373 e. The Morgan fingerprint density at radius 3 is 2.61 bits per heavy atom. The summed E-state index contributed by atoms with van der Waals surface area (Å²) in [4.78, 5) is 31.7. The second-order valence-electron chi connectivity index (χ2n) is 6.99. The van der Waals surface area contributed by atoms with E-state index in [1.165, 1.54) is 18.4 Å². The number of fused-ring (bicyclic) bond motifs is 1. The first-order chi connectivity index (χ1) is 15.0. The van der Waals surface area contributed by atoms with Gasteiger partial charge in [-0.25, -0.2) is 9.78 Å². The Hall–Kier alpha value is -3.39. The lowest BCUT2D eigenvalue weighted by Crippen LogP contribution is -2.25. The number of esters is 1. The largest absolute Gasteiger partial charge is 0.497 e. The van der Waals surface area contributed by atoms with Crippen LogP contribution in [0.25, 0.3) is 10.2 Å². The van der Waals surface area contributed by atoms with E-state index in [1.54, 1.807) is 23.8 Å². The Kier molecular flexibility index (Phi) is 5.90. The van der Waals surface area contributed by atoms with Crippen molar-refractivity contribution in [3.8, 4) is 5.75 Å². The Balaban J connectivity index is 1.77. The molecule has 0 aliphatic heterocycles. The Labute approximate surface area is 182 Å². The molecule has 0 atom stereocenters. The van der Waals surface area contributed by atoms with Crippen LogP contribution in [0.3, 0.4) is 0 Å². The van der Waals surface area contributed by atoms with Crippen LogP contribution in [0.15, 0.2) is 51.7 Å². The molecule has 4 rings (SSSR count). The number of thiophene rings is 1. The van der Waals surface area contributed by atoms with E-state index in [0.29, 0.717) is 23.4 Å². The van der Waals surface area contributed by atoms with Crippen LogP contribution in [0.5, 0.6) is 5.75 Å². The lowest BCUT2D eigenvalue weighted by atomic mass is 10.1. The number of aromatic nitrogens is 2. The molecule has 0 fully saturated rings. The van der Waals surface area contributed by atoms with Gasteiger partial charge in [0.2, 0.25) is 5.76 Å². The molecule has 0 unspecified atom stereocenters. The van der Waals surface area contributed by atoms with E-state index in [2.05, 4.69) is 6.92 Å². The predicted molar refractivity (Wildman–Crippen MR) is 118 cm³/mol. The minimum Gasteiger partial charge on any atom is -0.497 e. The Morgan fingerprint density at radius 1 is 1.16 bits per heavy atom. The maximum atomic E-state index is 13.3. The molecule has 0 aliphatic carbocycles. The topological polar surface area (TPSA) is 83.6 Å². The van der Waals surface area contributed by atoms with Gasteiger partial charge in [-0.05, 0) is 42.3 Å². The van der Waals surface area contributed by atoms with Gasteiger partial charge in [0.05, 0.1) is 26.2 Å². The van der Waals surface area contributed by atoms with Crippen molar-refractivity contribution in [1.82, 2.24) is 9.55 Å². The number of hydrogen-bond acceptors (Lipinski definition) is 7. The van der Waals surface area contributed by atoms with Crippen LogP contribution in [-0.2, 0) is 24.1 Å². The Morgan fingerprint density at radius 2 is 1.94 bits per heavy atom. The molecule has 0 amide bonds. The van der Waals surface area contributed by atoms with Crippen LogP contribution in [0.4, 0.5) is 0 Å². The van der Waals surface area contributed by atoms with E-state index in [9.17, 15) is 9.59 Å². The summed E-state index contributed by atoms with van der Waals surface area (Å²) < 4.78 is 17.1. The molecule has 3 aromatic heterocycles. The summed E-state index contributed by atoms with van der Waals surface area (Å²) in [6, 6.07) is 12.8. The van der Waals surface area contributed by atoms with Gasteiger partial charge in [0.15, 0.2) is 0 Å². The van der Waals surface area contributed by atoms with Gasteiger partial charge < -0.3 is 13.9 Å². The molecule has 160 valence electrons. The predicted octanol–water partition coefficient (Wildman–Crippen LogP) is 4.05. The van der Waals surface area contributed by atoms with Gasteiger partial charge in [-0.15, -0.1) is 11.3 Å². The molecule has 7 nitrogen and oxygen atoms in total. The van der Waals surface area contributed by atoms with Gasteiger partial charge in [-0.1, -0.05) is 19.1 Å². The van der Waals surface area contributed by atoms with E-state index in [4.69, 9.17) is 18.9 Å². The number of carbonyl (C=O) groups is 1. The minimum absolute atomic E-state index is 0.0973. The normalized spacial score (nSPS) is 11.1. The number of carbonyl (C=O) groups excluding carboxylic acids is 1. The van der Waals surface area contributed by atoms with Crippen LogP contribution < -0.4 is 10.3 Å².